The number of nitrogens with zero attached hydrogens (tertiary/aromatic N) is 3. The van der Waals surface area contributed by atoms with E-state index in [9.17, 15) is 4.79 Å². The molecule has 1 fully saturated rings. The van der Waals surface area contributed by atoms with Gasteiger partial charge in [0.05, 0.1) is 17.8 Å². The quantitative estimate of drug-likeness (QED) is 0.795. The lowest BCUT2D eigenvalue weighted by Crippen LogP contribution is -2.22. The number of aliphatic carboxylic acids is 1. The van der Waals surface area contributed by atoms with E-state index >= 15 is 0 Å². The van der Waals surface area contributed by atoms with Crippen LogP contribution >= 0.6 is 0 Å². The van der Waals surface area contributed by atoms with E-state index in [4.69, 9.17) is 10.4 Å². The summed E-state index contributed by atoms with van der Waals surface area (Å²) in [6.45, 7) is 1.24. The molecule has 1 aromatic heterocycles. The normalized spacial score (nSPS) is 19.4. The minimum absolute atomic E-state index is 0.296. The molecule has 0 spiro atoms. The molecule has 1 aliphatic rings. The molecular weight excluding hydrogens is 206 g/mol. The summed E-state index contributed by atoms with van der Waals surface area (Å²) in [6, 6.07) is 5.39. The molecule has 0 amide bonds. The van der Waals surface area contributed by atoms with Crippen molar-refractivity contribution in [2.75, 3.05) is 18.0 Å². The van der Waals surface area contributed by atoms with Crippen molar-refractivity contribution in [3.63, 3.8) is 0 Å². The first-order valence-electron chi connectivity index (χ1n) is 5.04. The highest BCUT2D eigenvalue weighted by Crippen LogP contribution is 2.23. The van der Waals surface area contributed by atoms with Crippen molar-refractivity contribution in [1.82, 2.24) is 4.98 Å². The predicted octanol–water partition coefficient (Wildman–Crippen LogP) is 0.864. The molecule has 82 valence electrons. The number of anilines is 1. The molecule has 0 aromatic carbocycles. The van der Waals surface area contributed by atoms with Gasteiger partial charge in [-0.25, -0.2) is 4.98 Å². The van der Waals surface area contributed by atoms with Crippen LogP contribution in [-0.4, -0.2) is 29.1 Å². The summed E-state index contributed by atoms with van der Waals surface area (Å²) in [5.41, 5.74) is 1.25. The van der Waals surface area contributed by atoms with E-state index in [1.807, 2.05) is 11.0 Å². The molecule has 0 saturated carbocycles. The van der Waals surface area contributed by atoms with Crippen LogP contribution in [0.4, 0.5) is 5.69 Å². The first-order valence-corrected chi connectivity index (χ1v) is 5.04. The summed E-state index contributed by atoms with van der Waals surface area (Å²) in [6.07, 6.45) is 2.28. The fourth-order valence-corrected chi connectivity index (χ4v) is 1.84. The molecule has 16 heavy (non-hydrogen) atoms. The van der Waals surface area contributed by atoms with Crippen LogP contribution in [0.2, 0.25) is 0 Å². The van der Waals surface area contributed by atoms with E-state index in [1.54, 1.807) is 18.3 Å². The maximum absolute atomic E-state index is 10.8. The molecule has 1 atom stereocenters. The molecule has 5 heteroatoms. The highest BCUT2D eigenvalue weighted by Gasteiger charge is 2.28. The monoisotopic (exact) mass is 217 g/mol. The molecule has 1 unspecified atom stereocenters. The van der Waals surface area contributed by atoms with Crippen molar-refractivity contribution in [1.29, 1.82) is 5.26 Å². The van der Waals surface area contributed by atoms with Gasteiger partial charge in [0.2, 0.25) is 0 Å². The van der Waals surface area contributed by atoms with Crippen LogP contribution in [0.1, 0.15) is 12.1 Å². The zero-order valence-corrected chi connectivity index (χ0v) is 8.63. The maximum atomic E-state index is 10.8. The SMILES string of the molecule is N#Cc1ccc(N2CCC(C(=O)O)C2)cn1. The van der Waals surface area contributed by atoms with Gasteiger partial charge in [-0.15, -0.1) is 0 Å². The van der Waals surface area contributed by atoms with Gasteiger partial charge in [0.1, 0.15) is 11.8 Å². The van der Waals surface area contributed by atoms with Gasteiger partial charge >= 0.3 is 5.97 Å². The second-order valence-corrected chi connectivity index (χ2v) is 3.78. The highest BCUT2D eigenvalue weighted by molar-refractivity contribution is 5.72. The van der Waals surface area contributed by atoms with E-state index in [1.165, 1.54) is 0 Å². The number of nitriles is 1. The highest BCUT2D eigenvalue weighted by atomic mass is 16.4. The Bertz CT molecular complexity index is 436. The van der Waals surface area contributed by atoms with Crippen molar-refractivity contribution in [3.05, 3.63) is 24.0 Å². The summed E-state index contributed by atoms with van der Waals surface area (Å²) >= 11 is 0. The van der Waals surface area contributed by atoms with Crippen LogP contribution in [0.15, 0.2) is 18.3 Å². The van der Waals surface area contributed by atoms with Gasteiger partial charge in [-0.05, 0) is 18.6 Å². The summed E-state index contributed by atoms with van der Waals surface area (Å²) in [7, 11) is 0. The Hall–Kier alpha value is -2.09. The van der Waals surface area contributed by atoms with Gasteiger partial charge in [-0.1, -0.05) is 0 Å². The number of hydrogen-bond donors (Lipinski definition) is 1. The lowest BCUT2D eigenvalue weighted by atomic mass is 10.1. The zero-order valence-electron chi connectivity index (χ0n) is 8.63. The number of hydrogen-bond acceptors (Lipinski definition) is 4. The Labute approximate surface area is 92.9 Å². The third-order valence-corrected chi connectivity index (χ3v) is 2.77. The lowest BCUT2D eigenvalue weighted by molar-refractivity contribution is -0.140. The molecule has 0 aliphatic carbocycles. The summed E-state index contributed by atoms with van der Waals surface area (Å²) in [5.74, 6) is -1.04. The average molecular weight is 217 g/mol. The molecule has 1 N–H and O–H groups in total. The van der Waals surface area contributed by atoms with Crippen LogP contribution in [0.25, 0.3) is 0 Å². The third-order valence-electron chi connectivity index (χ3n) is 2.77. The number of pyridine rings is 1. The molecule has 2 rings (SSSR count). The summed E-state index contributed by atoms with van der Waals surface area (Å²) < 4.78 is 0. The molecule has 0 bridgehead atoms. The molecule has 1 aromatic rings. The standard InChI is InChI=1S/C11H11N3O2/c12-5-9-1-2-10(6-13-9)14-4-3-8(7-14)11(15)16/h1-2,6,8H,3-4,7H2,(H,15,16). The van der Waals surface area contributed by atoms with E-state index < -0.39 is 5.97 Å². The minimum Gasteiger partial charge on any atom is -0.481 e. The minimum atomic E-state index is -0.746. The number of aromatic nitrogens is 1. The second-order valence-electron chi connectivity index (χ2n) is 3.78. The Morgan fingerprint density at radius 1 is 1.62 bits per heavy atom. The van der Waals surface area contributed by atoms with E-state index in [0.29, 0.717) is 18.7 Å². The van der Waals surface area contributed by atoms with Crippen molar-refractivity contribution >= 4 is 11.7 Å². The molecular formula is C11H11N3O2. The summed E-state index contributed by atoms with van der Waals surface area (Å²) in [4.78, 5) is 16.7. The smallest absolute Gasteiger partial charge is 0.308 e. The Morgan fingerprint density at radius 3 is 2.94 bits per heavy atom. The number of carbonyl (C=O) groups is 1. The first-order chi connectivity index (χ1) is 7.70. The van der Waals surface area contributed by atoms with Gasteiger partial charge in [0.15, 0.2) is 0 Å². The van der Waals surface area contributed by atoms with E-state index in [-0.39, 0.29) is 5.92 Å². The van der Waals surface area contributed by atoms with Crippen molar-refractivity contribution in [3.8, 4) is 6.07 Å². The Balaban J connectivity index is 2.09. The van der Waals surface area contributed by atoms with Crippen LogP contribution in [0, 0.1) is 17.2 Å². The van der Waals surface area contributed by atoms with E-state index in [2.05, 4.69) is 4.98 Å². The number of carboxylic acid groups (broad SMARTS) is 1. The first kappa shape index (κ1) is 10.4. The number of rotatable bonds is 2. The molecule has 1 aliphatic heterocycles. The van der Waals surface area contributed by atoms with Gasteiger partial charge < -0.3 is 10.0 Å². The topological polar surface area (TPSA) is 77.2 Å². The van der Waals surface area contributed by atoms with Crippen molar-refractivity contribution in [2.45, 2.75) is 6.42 Å². The molecule has 2 heterocycles. The van der Waals surface area contributed by atoms with Gasteiger partial charge in [0.25, 0.3) is 0 Å². The zero-order chi connectivity index (χ0) is 11.5. The second kappa shape index (κ2) is 4.19. The lowest BCUT2D eigenvalue weighted by Gasteiger charge is -2.17. The average Bonchev–Trinajstić information content (AvgIpc) is 2.78. The van der Waals surface area contributed by atoms with Gasteiger partial charge in [-0.3, -0.25) is 4.79 Å². The Morgan fingerprint density at radius 2 is 2.44 bits per heavy atom. The molecule has 0 radical (unpaired) electrons. The predicted molar refractivity (Wildman–Crippen MR) is 56.9 cm³/mol. The van der Waals surface area contributed by atoms with Crippen LogP contribution in [0.3, 0.4) is 0 Å². The summed E-state index contributed by atoms with van der Waals surface area (Å²) in [5, 5.41) is 17.5. The number of carboxylic acids is 1. The largest absolute Gasteiger partial charge is 0.481 e. The van der Waals surface area contributed by atoms with Crippen LogP contribution in [0.5, 0.6) is 0 Å². The van der Waals surface area contributed by atoms with E-state index in [0.717, 1.165) is 12.2 Å². The Kier molecular flexibility index (Phi) is 2.73. The van der Waals surface area contributed by atoms with Crippen molar-refractivity contribution in [2.24, 2.45) is 5.92 Å². The van der Waals surface area contributed by atoms with Crippen LogP contribution < -0.4 is 4.90 Å². The fourth-order valence-electron chi connectivity index (χ4n) is 1.84. The van der Waals surface area contributed by atoms with Gasteiger partial charge in [0, 0.05) is 13.1 Å². The molecule has 1 saturated heterocycles. The van der Waals surface area contributed by atoms with Crippen LogP contribution in [-0.2, 0) is 4.79 Å². The third kappa shape index (κ3) is 1.96. The maximum Gasteiger partial charge on any atom is 0.308 e. The fraction of sp³-hybridized carbons (Fsp3) is 0.364. The van der Waals surface area contributed by atoms with Crippen molar-refractivity contribution < 1.29 is 9.90 Å². The molecule has 5 nitrogen and oxygen atoms in total. The van der Waals surface area contributed by atoms with Gasteiger partial charge in [-0.2, -0.15) is 5.26 Å².